The van der Waals surface area contributed by atoms with E-state index in [0.717, 1.165) is 32.4 Å². The summed E-state index contributed by atoms with van der Waals surface area (Å²) in [7, 11) is 0. The molecule has 4 heteroatoms. The molecular weight excluding hydrogens is 316 g/mol. The van der Waals surface area contributed by atoms with Crippen LogP contribution in [0.2, 0.25) is 0 Å². The number of nitrogen functional groups attached to an aromatic ring is 1. The lowest BCUT2D eigenvalue weighted by Crippen LogP contribution is -1.93. The van der Waals surface area contributed by atoms with Gasteiger partial charge in [0.05, 0.1) is 4.47 Å². The molecule has 0 atom stereocenters. The van der Waals surface area contributed by atoms with Crippen molar-refractivity contribution in [3.8, 4) is 11.5 Å². The minimum absolute atomic E-state index is 0.701. The Hall–Kier alpha value is -2.07. The molecule has 0 radical (unpaired) electrons. The highest BCUT2D eigenvalue weighted by Crippen LogP contribution is 2.35. The number of nitrogens with two attached hydrogens (primary N) is 1. The van der Waals surface area contributed by atoms with E-state index in [1.807, 2.05) is 49.4 Å². The van der Waals surface area contributed by atoms with Gasteiger partial charge in [0.15, 0.2) is 0 Å². The molecule has 0 bridgehead atoms. The van der Waals surface area contributed by atoms with Crippen LogP contribution >= 0.6 is 15.9 Å². The fourth-order valence-electron chi connectivity index (χ4n) is 2.07. The zero-order valence-electron chi connectivity index (χ0n) is 10.9. The summed E-state index contributed by atoms with van der Waals surface area (Å²) in [5, 5.41) is 1.87. The first kappa shape index (κ1) is 12.9. The van der Waals surface area contributed by atoms with E-state index in [4.69, 9.17) is 10.5 Å². The number of rotatable bonds is 2. The number of fused-ring (bicyclic) bond motifs is 1. The molecule has 0 fully saturated rings. The number of nitrogens with zero attached hydrogens (tertiary/aromatic N) is 1. The molecule has 1 aromatic heterocycles. The van der Waals surface area contributed by atoms with Gasteiger partial charge in [-0.2, -0.15) is 0 Å². The molecule has 2 aromatic carbocycles. The van der Waals surface area contributed by atoms with Crippen LogP contribution in [0.3, 0.4) is 0 Å². The molecule has 3 rings (SSSR count). The van der Waals surface area contributed by atoms with Crippen LogP contribution in [0.4, 0.5) is 5.69 Å². The predicted molar refractivity (Wildman–Crippen MR) is 85.1 cm³/mol. The van der Waals surface area contributed by atoms with Crippen molar-refractivity contribution < 1.29 is 4.74 Å². The molecule has 0 saturated heterocycles. The van der Waals surface area contributed by atoms with Crippen molar-refractivity contribution in [2.45, 2.75) is 6.92 Å². The van der Waals surface area contributed by atoms with Crippen molar-refractivity contribution >= 4 is 32.4 Å². The number of aryl methyl sites for hydroxylation is 1. The number of hydrogen-bond acceptors (Lipinski definition) is 3. The third-order valence-electron chi connectivity index (χ3n) is 3.09. The van der Waals surface area contributed by atoms with E-state index in [0.29, 0.717) is 5.69 Å². The van der Waals surface area contributed by atoms with Crippen LogP contribution in [-0.4, -0.2) is 4.98 Å². The Morgan fingerprint density at radius 3 is 2.65 bits per heavy atom. The molecule has 0 saturated carbocycles. The maximum atomic E-state index is 6.00. The topological polar surface area (TPSA) is 48.1 Å². The molecule has 0 spiro atoms. The van der Waals surface area contributed by atoms with Gasteiger partial charge in [-0.1, -0.05) is 12.1 Å². The third-order valence-corrected chi connectivity index (χ3v) is 3.74. The molecule has 100 valence electrons. The molecule has 0 aliphatic rings. The Bertz CT molecular complexity index is 787. The van der Waals surface area contributed by atoms with Crippen LogP contribution in [0.15, 0.2) is 53.1 Å². The Balaban J connectivity index is 2.15. The first-order valence-corrected chi connectivity index (χ1v) is 7.01. The lowest BCUT2D eigenvalue weighted by atomic mass is 10.1. The van der Waals surface area contributed by atoms with Crippen LogP contribution in [-0.2, 0) is 0 Å². The standard InChI is InChI=1S/C16H13BrN2O/c1-10-8-11-12(9-19-10)14(18)6-7-15(11)20-16-5-3-2-4-13(16)17/h2-9H,18H2,1H3. The molecule has 3 aromatic rings. The van der Waals surface area contributed by atoms with Gasteiger partial charge in [0.25, 0.3) is 0 Å². The van der Waals surface area contributed by atoms with Gasteiger partial charge >= 0.3 is 0 Å². The second-order valence-corrected chi connectivity index (χ2v) is 5.41. The summed E-state index contributed by atoms with van der Waals surface area (Å²) in [6, 6.07) is 13.5. The van der Waals surface area contributed by atoms with Crippen molar-refractivity contribution in [2.24, 2.45) is 0 Å². The second kappa shape index (κ2) is 5.13. The van der Waals surface area contributed by atoms with E-state index in [2.05, 4.69) is 20.9 Å². The molecule has 0 amide bonds. The van der Waals surface area contributed by atoms with Crippen molar-refractivity contribution in [1.82, 2.24) is 4.98 Å². The monoisotopic (exact) mass is 328 g/mol. The number of para-hydroxylation sites is 1. The van der Waals surface area contributed by atoms with Crippen molar-refractivity contribution in [2.75, 3.05) is 5.73 Å². The van der Waals surface area contributed by atoms with Crippen LogP contribution in [0.5, 0.6) is 11.5 Å². The normalized spacial score (nSPS) is 10.7. The van der Waals surface area contributed by atoms with Gasteiger partial charge in [0, 0.05) is 28.4 Å². The Labute approximate surface area is 125 Å². The van der Waals surface area contributed by atoms with E-state index in [9.17, 15) is 0 Å². The lowest BCUT2D eigenvalue weighted by molar-refractivity contribution is 0.485. The lowest BCUT2D eigenvalue weighted by Gasteiger charge is -2.12. The molecule has 3 nitrogen and oxygen atoms in total. The molecule has 2 N–H and O–H groups in total. The first-order valence-electron chi connectivity index (χ1n) is 6.22. The van der Waals surface area contributed by atoms with Crippen LogP contribution in [0.1, 0.15) is 5.69 Å². The molecule has 0 aliphatic carbocycles. The van der Waals surface area contributed by atoms with Crippen molar-refractivity contribution in [3.63, 3.8) is 0 Å². The minimum atomic E-state index is 0.701. The van der Waals surface area contributed by atoms with Crippen LogP contribution < -0.4 is 10.5 Å². The van der Waals surface area contributed by atoms with Gasteiger partial charge in [-0.3, -0.25) is 4.98 Å². The van der Waals surface area contributed by atoms with E-state index in [-0.39, 0.29) is 0 Å². The van der Waals surface area contributed by atoms with E-state index < -0.39 is 0 Å². The van der Waals surface area contributed by atoms with Crippen LogP contribution in [0.25, 0.3) is 10.8 Å². The Morgan fingerprint density at radius 2 is 1.85 bits per heavy atom. The summed E-state index contributed by atoms with van der Waals surface area (Å²) in [6.45, 7) is 1.95. The number of halogens is 1. The predicted octanol–water partition coefficient (Wildman–Crippen LogP) is 4.68. The van der Waals surface area contributed by atoms with Crippen molar-refractivity contribution in [1.29, 1.82) is 0 Å². The van der Waals surface area contributed by atoms with Gasteiger partial charge in [-0.15, -0.1) is 0 Å². The smallest absolute Gasteiger partial charge is 0.141 e. The third kappa shape index (κ3) is 2.34. The number of aromatic nitrogens is 1. The van der Waals surface area contributed by atoms with Crippen molar-refractivity contribution in [3.05, 3.63) is 58.8 Å². The number of benzene rings is 2. The largest absolute Gasteiger partial charge is 0.456 e. The molecule has 0 unspecified atom stereocenters. The Morgan fingerprint density at radius 1 is 1.05 bits per heavy atom. The maximum Gasteiger partial charge on any atom is 0.141 e. The summed E-state index contributed by atoms with van der Waals surface area (Å²) in [5.74, 6) is 1.54. The van der Waals surface area contributed by atoms with E-state index in [1.165, 1.54) is 0 Å². The highest BCUT2D eigenvalue weighted by atomic mass is 79.9. The average Bonchev–Trinajstić information content (AvgIpc) is 2.44. The minimum Gasteiger partial charge on any atom is -0.456 e. The number of pyridine rings is 1. The number of hydrogen-bond donors (Lipinski definition) is 1. The summed E-state index contributed by atoms with van der Waals surface area (Å²) < 4.78 is 6.91. The van der Waals surface area contributed by atoms with E-state index in [1.54, 1.807) is 6.20 Å². The summed E-state index contributed by atoms with van der Waals surface area (Å²) in [4.78, 5) is 4.29. The molecule has 20 heavy (non-hydrogen) atoms. The highest BCUT2D eigenvalue weighted by Gasteiger charge is 2.08. The van der Waals surface area contributed by atoms with Gasteiger partial charge < -0.3 is 10.5 Å². The summed E-state index contributed by atoms with van der Waals surface area (Å²) in [6.07, 6.45) is 1.78. The van der Waals surface area contributed by atoms with Gasteiger partial charge in [-0.05, 0) is 53.2 Å². The number of anilines is 1. The van der Waals surface area contributed by atoms with Crippen LogP contribution in [0, 0.1) is 6.92 Å². The fourth-order valence-corrected chi connectivity index (χ4v) is 2.44. The van der Waals surface area contributed by atoms with Gasteiger partial charge in [-0.25, -0.2) is 0 Å². The van der Waals surface area contributed by atoms with E-state index >= 15 is 0 Å². The summed E-state index contributed by atoms with van der Waals surface area (Å²) >= 11 is 3.48. The second-order valence-electron chi connectivity index (χ2n) is 4.56. The SMILES string of the molecule is Cc1cc2c(Oc3ccccc3Br)ccc(N)c2cn1. The average molecular weight is 329 g/mol. The van der Waals surface area contributed by atoms with Gasteiger partial charge in [0.1, 0.15) is 11.5 Å². The Kier molecular flexibility index (Phi) is 3.32. The molecule has 1 heterocycles. The fraction of sp³-hybridized carbons (Fsp3) is 0.0625. The zero-order valence-corrected chi connectivity index (χ0v) is 12.5. The number of ether oxygens (including phenoxy) is 1. The maximum absolute atomic E-state index is 6.00. The summed E-state index contributed by atoms with van der Waals surface area (Å²) in [5.41, 5.74) is 7.63. The molecule has 0 aliphatic heterocycles. The zero-order chi connectivity index (χ0) is 14.1. The first-order chi connectivity index (χ1) is 9.65. The van der Waals surface area contributed by atoms with Gasteiger partial charge in [0.2, 0.25) is 0 Å². The highest BCUT2D eigenvalue weighted by molar-refractivity contribution is 9.10. The quantitative estimate of drug-likeness (QED) is 0.695. The molecular formula is C16H13BrN2O.